The van der Waals surface area contributed by atoms with E-state index in [0.717, 1.165) is 35.7 Å². The largest absolute Gasteiger partial charge is 0.453 e. The summed E-state index contributed by atoms with van der Waals surface area (Å²) in [7, 11) is 1.43. The number of carbonyl (C=O) groups is 1. The van der Waals surface area contributed by atoms with Crippen LogP contribution in [0.25, 0.3) is 11.1 Å². The molecule has 0 spiro atoms. The Labute approximate surface area is 128 Å². The number of hydrogen-bond donors (Lipinski definition) is 0. The maximum absolute atomic E-state index is 11.6. The van der Waals surface area contributed by atoms with Crippen molar-refractivity contribution in [2.24, 2.45) is 11.8 Å². The number of methoxy groups -OCH3 is 1. The summed E-state index contributed by atoms with van der Waals surface area (Å²) in [5, 5.41) is 4.32. The minimum atomic E-state index is -0.231. The van der Waals surface area contributed by atoms with Crippen molar-refractivity contribution in [3.63, 3.8) is 0 Å². The molecule has 1 aromatic carbocycles. The van der Waals surface area contributed by atoms with Gasteiger partial charge in [-0.05, 0) is 24.3 Å². The van der Waals surface area contributed by atoms with Crippen molar-refractivity contribution in [2.45, 2.75) is 12.8 Å². The first-order chi connectivity index (χ1) is 10.7. The maximum Gasteiger partial charge on any atom is 0.409 e. The van der Waals surface area contributed by atoms with Gasteiger partial charge in [-0.3, -0.25) is 0 Å². The zero-order chi connectivity index (χ0) is 15.3. The SMILES string of the molecule is COC(=O)N1CC2C(c3noc(C)c3-c3ccccc3)[C@@H]2C1. The van der Waals surface area contributed by atoms with Crippen molar-refractivity contribution in [2.75, 3.05) is 20.2 Å². The van der Waals surface area contributed by atoms with Crippen molar-refractivity contribution in [1.29, 1.82) is 0 Å². The fraction of sp³-hybridized carbons (Fsp3) is 0.412. The lowest BCUT2D eigenvalue weighted by atomic mass is 10.00. The fourth-order valence-electron chi connectivity index (χ4n) is 3.78. The summed E-state index contributed by atoms with van der Waals surface area (Å²) in [6.45, 7) is 3.46. The van der Waals surface area contributed by atoms with Crippen molar-refractivity contribution in [3.8, 4) is 11.1 Å². The molecule has 1 saturated heterocycles. The summed E-state index contributed by atoms with van der Waals surface area (Å²) < 4.78 is 10.3. The minimum Gasteiger partial charge on any atom is -0.453 e. The van der Waals surface area contributed by atoms with E-state index < -0.39 is 0 Å². The van der Waals surface area contributed by atoms with Crippen LogP contribution in [0.5, 0.6) is 0 Å². The topological polar surface area (TPSA) is 55.6 Å². The van der Waals surface area contributed by atoms with Gasteiger partial charge in [0.2, 0.25) is 0 Å². The van der Waals surface area contributed by atoms with Gasteiger partial charge in [0.05, 0.1) is 12.8 Å². The van der Waals surface area contributed by atoms with Crippen molar-refractivity contribution in [3.05, 3.63) is 41.8 Å². The quantitative estimate of drug-likeness (QED) is 0.855. The first-order valence-corrected chi connectivity index (χ1v) is 7.55. The normalized spacial score (nSPS) is 25.9. The van der Waals surface area contributed by atoms with Gasteiger partial charge >= 0.3 is 6.09 Å². The van der Waals surface area contributed by atoms with Gasteiger partial charge in [0, 0.05) is 24.6 Å². The number of rotatable bonds is 2. The van der Waals surface area contributed by atoms with Crippen LogP contribution >= 0.6 is 0 Å². The average Bonchev–Trinajstić information content (AvgIpc) is 2.90. The second kappa shape index (κ2) is 4.87. The molecule has 0 N–H and O–H groups in total. The highest BCUT2D eigenvalue weighted by Gasteiger charge is 2.59. The average molecular weight is 298 g/mol. The van der Waals surface area contributed by atoms with Gasteiger partial charge in [-0.2, -0.15) is 0 Å². The number of fused-ring (bicyclic) bond motifs is 1. The highest BCUT2D eigenvalue weighted by atomic mass is 16.5. The second-order valence-electron chi connectivity index (χ2n) is 6.09. The van der Waals surface area contributed by atoms with E-state index in [1.54, 1.807) is 4.90 Å². The molecule has 22 heavy (non-hydrogen) atoms. The van der Waals surface area contributed by atoms with Crippen LogP contribution in [0.1, 0.15) is 17.4 Å². The molecule has 3 atom stereocenters. The number of benzene rings is 1. The Morgan fingerprint density at radius 2 is 1.95 bits per heavy atom. The molecule has 2 aliphatic rings. The molecule has 1 aliphatic heterocycles. The molecule has 5 nitrogen and oxygen atoms in total. The van der Waals surface area contributed by atoms with Crippen molar-refractivity contribution < 1.29 is 14.1 Å². The third-order valence-corrected chi connectivity index (χ3v) is 4.89. The number of piperidine rings is 1. The van der Waals surface area contributed by atoms with E-state index in [1.807, 2.05) is 25.1 Å². The molecule has 2 heterocycles. The number of ether oxygens (including phenoxy) is 1. The highest BCUT2D eigenvalue weighted by molar-refractivity contribution is 5.71. The Morgan fingerprint density at radius 1 is 1.27 bits per heavy atom. The van der Waals surface area contributed by atoms with Crippen LogP contribution in [0.4, 0.5) is 4.79 Å². The fourth-order valence-corrected chi connectivity index (χ4v) is 3.78. The molecule has 1 saturated carbocycles. The summed E-state index contributed by atoms with van der Waals surface area (Å²) in [5.41, 5.74) is 3.30. The number of nitrogens with zero attached hydrogens (tertiary/aromatic N) is 2. The zero-order valence-corrected chi connectivity index (χ0v) is 12.7. The molecule has 2 aromatic rings. The zero-order valence-electron chi connectivity index (χ0n) is 12.7. The third kappa shape index (κ3) is 1.92. The van der Waals surface area contributed by atoms with Crippen LogP contribution in [-0.4, -0.2) is 36.3 Å². The number of aryl methyl sites for hydroxylation is 1. The predicted octanol–water partition coefficient (Wildman–Crippen LogP) is 3.06. The third-order valence-electron chi connectivity index (χ3n) is 4.89. The lowest BCUT2D eigenvalue weighted by Gasteiger charge is -2.17. The monoisotopic (exact) mass is 298 g/mol. The molecule has 0 radical (unpaired) electrons. The number of aromatic nitrogens is 1. The van der Waals surface area contributed by atoms with Gasteiger partial charge in [0.25, 0.3) is 0 Å². The first-order valence-electron chi connectivity index (χ1n) is 7.55. The summed E-state index contributed by atoms with van der Waals surface area (Å²) in [6, 6.07) is 10.2. The predicted molar refractivity (Wildman–Crippen MR) is 80.4 cm³/mol. The molecule has 1 aromatic heterocycles. The van der Waals surface area contributed by atoms with Gasteiger partial charge in [0.15, 0.2) is 0 Å². The molecule has 5 heteroatoms. The number of carbonyl (C=O) groups excluding carboxylic acids is 1. The standard InChI is InChI=1S/C17H18N2O3/c1-10-14(11-6-4-3-5-7-11)16(18-22-10)15-12-8-19(9-13(12)15)17(20)21-2/h3-7,12-13,15H,8-9H2,1-2H3/t12-,13?,15?/m1/s1. The molecule has 1 amide bonds. The lowest BCUT2D eigenvalue weighted by Crippen LogP contribution is -2.31. The minimum absolute atomic E-state index is 0.231. The number of likely N-dealkylation sites (tertiary alicyclic amines) is 1. The van der Waals surface area contributed by atoms with E-state index in [-0.39, 0.29) is 6.09 Å². The smallest absolute Gasteiger partial charge is 0.409 e. The van der Waals surface area contributed by atoms with Gasteiger partial charge in [-0.15, -0.1) is 0 Å². The molecular weight excluding hydrogens is 280 g/mol. The van der Waals surface area contributed by atoms with Gasteiger partial charge in [-0.25, -0.2) is 4.79 Å². The van der Waals surface area contributed by atoms with Crippen LogP contribution in [-0.2, 0) is 4.74 Å². The molecule has 0 bridgehead atoms. The van der Waals surface area contributed by atoms with E-state index in [4.69, 9.17) is 9.26 Å². The Balaban J connectivity index is 1.59. The molecule has 1 aliphatic carbocycles. The Morgan fingerprint density at radius 3 is 2.59 bits per heavy atom. The van der Waals surface area contributed by atoms with Crippen LogP contribution in [0, 0.1) is 18.8 Å². The number of hydrogen-bond acceptors (Lipinski definition) is 4. The van der Waals surface area contributed by atoms with Crippen LogP contribution < -0.4 is 0 Å². The molecule has 2 fully saturated rings. The summed E-state index contributed by atoms with van der Waals surface area (Å²) in [4.78, 5) is 13.4. The van der Waals surface area contributed by atoms with E-state index in [9.17, 15) is 4.79 Å². The Kier molecular flexibility index (Phi) is 2.96. The lowest BCUT2D eigenvalue weighted by molar-refractivity contribution is 0.127. The highest BCUT2D eigenvalue weighted by Crippen LogP contribution is 2.59. The molecule has 2 unspecified atom stereocenters. The second-order valence-corrected chi connectivity index (χ2v) is 6.09. The van der Waals surface area contributed by atoms with E-state index in [0.29, 0.717) is 17.8 Å². The van der Waals surface area contributed by atoms with Crippen molar-refractivity contribution in [1.82, 2.24) is 10.1 Å². The molecule has 4 rings (SSSR count). The number of amides is 1. The van der Waals surface area contributed by atoms with Gasteiger partial charge in [-0.1, -0.05) is 35.5 Å². The van der Waals surface area contributed by atoms with E-state index in [1.165, 1.54) is 7.11 Å². The van der Waals surface area contributed by atoms with Gasteiger partial charge < -0.3 is 14.2 Å². The first kappa shape index (κ1) is 13.4. The van der Waals surface area contributed by atoms with Crippen LogP contribution in [0.2, 0.25) is 0 Å². The molecular formula is C17H18N2O3. The maximum atomic E-state index is 11.6. The van der Waals surface area contributed by atoms with Crippen molar-refractivity contribution >= 4 is 6.09 Å². The molecule has 114 valence electrons. The van der Waals surface area contributed by atoms with Crippen LogP contribution in [0.15, 0.2) is 34.9 Å². The summed E-state index contributed by atoms with van der Waals surface area (Å²) in [5.74, 6) is 2.21. The van der Waals surface area contributed by atoms with E-state index >= 15 is 0 Å². The van der Waals surface area contributed by atoms with Crippen LogP contribution in [0.3, 0.4) is 0 Å². The van der Waals surface area contributed by atoms with Gasteiger partial charge in [0.1, 0.15) is 5.76 Å². The Bertz CT molecular complexity index is 698. The van der Waals surface area contributed by atoms with E-state index in [2.05, 4.69) is 17.3 Å². The Hall–Kier alpha value is -2.30. The summed E-state index contributed by atoms with van der Waals surface area (Å²) >= 11 is 0. The summed E-state index contributed by atoms with van der Waals surface area (Å²) in [6.07, 6.45) is -0.231.